The van der Waals surface area contributed by atoms with Crippen molar-refractivity contribution in [1.82, 2.24) is 0 Å². The van der Waals surface area contributed by atoms with Gasteiger partial charge < -0.3 is 9.80 Å². The molecule has 0 aromatic heterocycles. The fourth-order valence-electron chi connectivity index (χ4n) is 5.21. The van der Waals surface area contributed by atoms with E-state index in [1.807, 2.05) is 0 Å². The van der Waals surface area contributed by atoms with Gasteiger partial charge in [0.15, 0.2) is 0 Å². The Hall–Kier alpha value is -4.12. The highest BCUT2D eigenvalue weighted by atomic mass is 79.9. The van der Waals surface area contributed by atoms with Crippen LogP contribution in [0.3, 0.4) is 0 Å². The van der Waals surface area contributed by atoms with Gasteiger partial charge in [-0.25, -0.2) is 0 Å². The van der Waals surface area contributed by atoms with Gasteiger partial charge in [0.25, 0.3) is 0 Å². The topological polar surface area (TPSA) is 6.48 Å². The van der Waals surface area contributed by atoms with Crippen LogP contribution in [0.2, 0.25) is 0 Å². The van der Waals surface area contributed by atoms with E-state index >= 15 is 0 Å². The second kappa shape index (κ2) is 12.4. The van der Waals surface area contributed by atoms with Crippen LogP contribution < -0.4 is 9.80 Å². The molecule has 0 N–H and O–H groups in total. The molecule has 0 amide bonds. The van der Waals surface area contributed by atoms with Crippen molar-refractivity contribution < 1.29 is 0 Å². The van der Waals surface area contributed by atoms with Gasteiger partial charge in [-0.05, 0) is 133 Å². The molecular weight excluding hydrogens is 644 g/mol. The van der Waals surface area contributed by atoms with E-state index in [2.05, 4.69) is 201 Å². The normalized spacial score (nSPS) is 10.9. The quantitative estimate of drug-likeness (QED) is 0.166. The zero-order valence-electron chi connectivity index (χ0n) is 23.5. The van der Waals surface area contributed by atoms with E-state index < -0.39 is 0 Å². The third kappa shape index (κ3) is 6.20. The molecule has 0 atom stereocenters. The van der Waals surface area contributed by atoms with Crippen molar-refractivity contribution in [3.8, 4) is 11.1 Å². The second-order valence-corrected chi connectivity index (χ2v) is 12.2. The predicted molar refractivity (Wildman–Crippen MR) is 186 cm³/mol. The Morgan fingerprint density at radius 1 is 0.357 bits per heavy atom. The summed E-state index contributed by atoms with van der Waals surface area (Å²) in [5.74, 6) is 0. The van der Waals surface area contributed by atoms with Crippen molar-refractivity contribution in [2.45, 2.75) is 13.8 Å². The Bertz CT molecular complexity index is 1660. The van der Waals surface area contributed by atoms with Crippen LogP contribution in [0.25, 0.3) is 11.1 Å². The van der Waals surface area contributed by atoms with Crippen molar-refractivity contribution in [2.24, 2.45) is 0 Å². The van der Waals surface area contributed by atoms with E-state index in [1.165, 1.54) is 22.3 Å². The number of hydrogen-bond acceptors (Lipinski definition) is 2. The van der Waals surface area contributed by atoms with Crippen LogP contribution in [0.5, 0.6) is 0 Å². The molecule has 6 rings (SSSR count). The summed E-state index contributed by atoms with van der Waals surface area (Å²) in [6.07, 6.45) is 0. The fourth-order valence-corrected chi connectivity index (χ4v) is 5.74. The summed E-state index contributed by atoms with van der Waals surface area (Å²) in [7, 11) is 0. The molecule has 2 nitrogen and oxygen atoms in total. The van der Waals surface area contributed by atoms with Gasteiger partial charge in [-0.1, -0.05) is 80.4 Å². The summed E-state index contributed by atoms with van der Waals surface area (Å²) in [6, 6.07) is 51.8. The largest absolute Gasteiger partial charge is 0.310 e. The molecule has 0 aliphatic heterocycles. The van der Waals surface area contributed by atoms with Gasteiger partial charge in [-0.2, -0.15) is 0 Å². The summed E-state index contributed by atoms with van der Waals surface area (Å²) in [5, 5.41) is 0. The lowest BCUT2D eigenvalue weighted by atomic mass is 10.0. The molecule has 4 heteroatoms. The van der Waals surface area contributed by atoms with Gasteiger partial charge in [0.1, 0.15) is 0 Å². The zero-order chi connectivity index (χ0) is 29.1. The summed E-state index contributed by atoms with van der Waals surface area (Å²) in [4.78, 5) is 4.59. The van der Waals surface area contributed by atoms with Crippen LogP contribution in [0.15, 0.2) is 155 Å². The van der Waals surface area contributed by atoms with Gasteiger partial charge in [-0.15, -0.1) is 0 Å². The smallest absolute Gasteiger partial charge is 0.0464 e. The molecule has 0 aliphatic rings. The number of nitrogens with zero attached hydrogens (tertiary/aromatic N) is 2. The zero-order valence-corrected chi connectivity index (χ0v) is 26.7. The van der Waals surface area contributed by atoms with Gasteiger partial charge in [0, 0.05) is 43.1 Å². The molecular formula is C38H30Br2N2. The Labute approximate surface area is 265 Å². The molecule has 0 radical (unpaired) electrons. The van der Waals surface area contributed by atoms with Crippen molar-refractivity contribution in [3.05, 3.63) is 166 Å². The molecule has 0 fully saturated rings. The summed E-state index contributed by atoms with van der Waals surface area (Å²) >= 11 is 7.15. The third-order valence-corrected chi connectivity index (χ3v) is 8.33. The minimum Gasteiger partial charge on any atom is -0.310 e. The number of aryl methyl sites for hydroxylation is 2. The van der Waals surface area contributed by atoms with Crippen molar-refractivity contribution in [2.75, 3.05) is 9.80 Å². The molecule has 6 aromatic rings. The lowest BCUT2D eigenvalue weighted by molar-refractivity contribution is 1.27. The van der Waals surface area contributed by atoms with Crippen LogP contribution in [0.1, 0.15) is 11.1 Å². The summed E-state index contributed by atoms with van der Waals surface area (Å²) in [5.41, 5.74) is 11.6. The monoisotopic (exact) mass is 672 g/mol. The molecule has 0 heterocycles. The van der Waals surface area contributed by atoms with E-state index in [0.29, 0.717) is 0 Å². The Morgan fingerprint density at radius 3 is 0.976 bits per heavy atom. The van der Waals surface area contributed by atoms with Crippen LogP contribution in [-0.4, -0.2) is 0 Å². The highest BCUT2D eigenvalue weighted by Crippen LogP contribution is 2.38. The number of halogens is 2. The van der Waals surface area contributed by atoms with E-state index in [4.69, 9.17) is 0 Å². The minimum absolute atomic E-state index is 1.07. The van der Waals surface area contributed by atoms with Crippen molar-refractivity contribution >= 4 is 66.0 Å². The third-order valence-electron chi connectivity index (χ3n) is 7.27. The molecule has 0 spiro atoms. The van der Waals surface area contributed by atoms with E-state index in [-0.39, 0.29) is 0 Å². The van der Waals surface area contributed by atoms with Gasteiger partial charge in [-0.3, -0.25) is 0 Å². The first kappa shape index (κ1) is 28.0. The SMILES string of the molecule is Cc1cccc(N(c2ccc(Br)cc2)c2ccc(-c3ccc(N(c4ccc(Br)cc4)c4cccc(C)c4)cc3)cc2)c1. The van der Waals surface area contributed by atoms with Crippen LogP contribution >= 0.6 is 31.9 Å². The van der Waals surface area contributed by atoms with E-state index in [9.17, 15) is 0 Å². The van der Waals surface area contributed by atoms with Crippen LogP contribution in [0.4, 0.5) is 34.1 Å². The molecule has 206 valence electrons. The Morgan fingerprint density at radius 2 is 0.667 bits per heavy atom. The van der Waals surface area contributed by atoms with Gasteiger partial charge in [0.2, 0.25) is 0 Å². The average Bonchev–Trinajstić information content (AvgIpc) is 3.00. The first-order valence-electron chi connectivity index (χ1n) is 13.9. The van der Waals surface area contributed by atoms with Crippen LogP contribution in [-0.2, 0) is 0 Å². The number of anilines is 6. The summed E-state index contributed by atoms with van der Waals surface area (Å²) in [6.45, 7) is 4.26. The first-order chi connectivity index (χ1) is 20.4. The molecule has 6 aromatic carbocycles. The first-order valence-corrected chi connectivity index (χ1v) is 15.5. The molecule has 42 heavy (non-hydrogen) atoms. The number of benzene rings is 6. The lowest BCUT2D eigenvalue weighted by Crippen LogP contribution is -2.10. The highest BCUT2D eigenvalue weighted by molar-refractivity contribution is 9.10. The molecule has 0 saturated heterocycles. The number of hydrogen-bond donors (Lipinski definition) is 0. The predicted octanol–water partition coefficient (Wildman–Crippen LogP) is 12.4. The van der Waals surface area contributed by atoms with E-state index in [0.717, 1.165) is 43.1 Å². The summed E-state index contributed by atoms with van der Waals surface area (Å²) < 4.78 is 2.13. The molecule has 0 bridgehead atoms. The highest BCUT2D eigenvalue weighted by Gasteiger charge is 2.15. The van der Waals surface area contributed by atoms with Crippen molar-refractivity contribution in [3.63, 3.8) is 0 Å². The molecule has 0 aliphatic carbocycles. The molecule has 0 saturated carbocycles. The Balaban J connectivity index is 1.32. The second-order valence-electron chi connectivity index (χ2n) is 10.4. The van der Waals surface area contributed by atoms with Crippen molar-refractivity contribution in [1.29, 1.82) is 0 Å². The number of rotatable bonds is 7. The fraction of sp³-hybridized carbons (Fsp3) is 0.0526. The maximum atomic E-state index is 3.58. The average molecular weight is 674 g/mol. The maximum Gasteiger partial charge on any atom is 0.0464 e. The van der Waals surface area contributed by atoms with Crippen LogP contribution in [0, 0.1) is 13.8 Å². The maximum absolute atomic E-state index is 3.58. The van der Waals surface area contributed by atoms with Gasteiger partial charge >= 0.3 is 0 Å². The van der Waals surface area contributed by atoms with E-state index in [1.54, 1.807) is 0 Å². The Kier molecular flexibility index (Phi) is 8.27. The minimum atomic E-state index is 1.07. The molecule has 0 unspecified atom stereocenters. The standard InChI is InChI=1S/C38H30Br2N2/c1-27-5-3-7-37(25-27)41(35-21-13-31(39)14-22-35)33-17-9-29(10-18-33)30-11-19-34(20-12-30)42(36-23-15-32(40)16-24-36)38-8-4-6-28(2)26-38/h3-26H,1-2H3. The lowest BCUT2D eigenvalue weighted by Gasteiger charge is -2.26. The van der Waals surface area contributed by atoms with Gasteiger partial charge in [0.05, 0.1) is 0 Å².